The molecule has 0 aliphatic rings. The van der Waals surface area contributed by atoms with Crippen molar-refractivity contribution in [2.45, 2.75) is 19.3 Å². The lowest BCUT2D eigenvalue weighted by atomic mass is 10.0. The Morgan fingerprint density at radius 3 is 2.41 bits per heavy atom. The second kappa shape index (κ2) is 9.47. The van der Waals surface area contributed by atoms with Crippen LogP contribution in [0.15, 0.2) is 79.0 Å². The average molecular weight is 430 g/mol. The minimum absolute atomic E-state index is 0.0550. The average Bonchev–Trinajstić information content (AvgIpc) is 3.21. The highest BCUT2D eigenvalue weighted by Gasteiger charge is 2.19. The van der Waals surface area contributed by atoms with Crippen LogP contribution in [-0.4, -0.2) is 28.5 Å². The molecule has 1 amide bonds. The molecule has 0 radical (unpaired) electrons. The number of benzene rings is 3. The number of ketones is 1. The van der Waals surface area contributed by atoms with E-state index in [1.165, 1.54) is 17.0 Å². The van der Waals surface area contributed by atoms with E-state index in [0.29, 0.717) is 18.5 Å². The van der Waals surface area contributed by atoms with Crippen molar-refractivity contribution in [2.75, 3.05) is 11.4 Å². The number of carbonyl (C=O) groups is 2. The number of carbonyl (C=O) groups excluding carboxylic acids is 1. The number of para-hydroxylation sites is 2. The summed E-state index contributed by atoms with van der Waals surface area (Å²) in [6.45, 7) is 0.273. The molecule has 0 atom stereocenters. The number of hydrogen-bond donors (Lipinski definition) is 2. The van der Waals surface area contributed by atoms with Gasteiger partial charge in [0.05, 0.1) is 11.3 Å². The number of aromatic amines is 1. The van der Waals surface area contributed by atoms with Crippen LogP contribution in [-0.2, 0) is 12.8 Å². The molecule has 32 heavy (non-hydrogen) atoms. The van der Waals surface area contributed by atoms with Crippen molar-refractivity contribution in [2.24, 2.45) is 0 Å². The van der Waals surface area contributed by atoms with E-state index in [4.69, 9.17) is 0 Å². The van der Waals surface area contributed by atoms with Crippen LogP contribution in [0.3, 0.4) is 0 Å². The number of halogens is 1. The molecule has 0 aliphatic heterocycles. The largest absolute Gasteiger partial charge is 0.465 e. The van der Waals surface area contributed by atoms with Gasteiger partial charge in [-0.25, -0.2) is 9.18 Å². The maximum absolute atomic E-state index is 13.9. The standard InChI is InChI=1S/C26H23FN2O3/c27-22-10-4-2-9-21(22)25(30)14-13-18-7-1-6-12-24(18)29(26(31)32)16-15-19-17-28-23-11-5-3-8-20(19)23/h1-12,17,28H,13-16H2,(H,31,32). The summed E-state index contributed by atoms with van der Waals surface area (Å²) in [7, 11) is 0. The maximum atomic E-state index is 13.9. The number of fused-ring (bicyclic) bond motifs is 1. The zero-order chi connectivity index (χ0) is 22.5. The minimum atomic E-state index is -1.06. The Bertz CT molecular complexity index is 1260. The minimum Gasteiger partial charge on any atom is -0.465 e. The van der Waals surface area contributed by atoms with E-state index in [9.17, 15) is 19.1 Å². The predicted octanol–water partition coefficient (Wildman–Crippen LogP) is 5.85. The lowest BCUT2D eigenvalue weighted by Crippen LogP contribution is -2.32. The number of nitrogens with one attached hydrogen (secondary N) is 1. The van der Waals surface area contributed by atoms with Gasteiger partial charge in [-0.15, -0.1) is 0 Å². The Morgan fingerprint density at radius 2 is 1.59 bits per heavy atom. The quantitative estimate of drug-likeness (QED) is 0.345. The molecule has 1 aromatic heterocycles. The van der Waals surface area contributed by atoms with E-state index in [-0.39, 0.29) is 24.3 Å². The summed E-state index contributed by atoms with van der Waals surface area (Å²) >= 11 is 0. The summed E-state index contributed by atoms with van der Waals surface area (Å²) in [5.41, 5.74) is 3.38. The molecule has 0 bridgehead atoms. The molecular weight excluding hydrogens is 407 g/mol. The Hall–Kier alpha value is -3.93. The molecule has 0 fully saturated rings. The van der Waals surface area contributed by atoms with Crippen molar-refractivity contribution in [3.63, 3.8) is 0 Å². The highest BCUT2D eigenvalue weighted by Crippen LogP contribution is 2.25. The first-order valence-electron chi connectivity index (χ1n) is 10.5. The third-order valence-electron chi connectivity index (χ3n) is 5.59. The predicted molar refractivity (Wildman–Crippen MR) is 123 cm³/mol. The molecule has 2 N–H and O–H groups in total. The highest BCUT2D eigenvalue weighted by molar-refractivity contribution is 5.96. The first-order valence-corrected chi connectivity index (χ1v) is 10.5. The van der Waals surface area contributed by atoms with Gasteiger partial charge in [-0.05, 0) is 48.2 Å². The number of aromatic nitrogens is 1. The van der Waals surface area contributed by atoms with Crippen LogP contribution < -0.4 is 4.90 Å². The van der Waals surface area contributed by atoms with E-state index in [1.54, 1.807) is 24.3 Å². The third-order valence-corrected chi connectivity index (χ3v) is 5.59. The number of nitrogens with zero attached hydrogens (tertiary/aromatic N) is 1. The topological polar surface area (TPSA) is 73.4 Å². The number of aryl methyl sites for hydroxylation is 1. The van der Waals surface area contributed by atoms with Crippen molar-refractivity contribution in [3.8, 4) is 0 Å². The van der Waals surface area contributed by atoms with Crippen LogP contribution in [0.1, 0.15) is 27.9 Å². The van der Waals surface area contributed by atoms with E-state index in [0.717, 1.165) is 22.0 Å². The molecule has 0 saturated heterocycles. The van der Waals surface area contributed by atoms with Gasteiger partial charge in [0.25, 0.3) is 0 Å². The van der Waals surface area contributed by atoms with Crippen molar-refractivity contribution < 1.29 is 19.1 Å². The van der Waals surface area contributed by atoms with Gasteiger partial charge in [0.1, 0.15) is 5.82 Å². The number of carboxylic acid groups (broad SMARTS) is 1. The second-order valence-electron chi connectivity index (χ2n) is 7.58. The molecule has 0 saturated carbocycles. The summed E-state index contributed by atoms with van der Waals surface area (Å²) in [6.07, 6.45) is 1.80. The summed E-state index contributed by atoms with van der Waals surface area (Å²) in [4.78, 5) is 29.1. The van der Waals surface area contributed by atoms with Gasteiger partial charge >= 0.3 is 6.09 Å². The molecule has 5 nitrogen and oxygen atoms in total. The van der Waals surface area contributed by atoms with Gasteiger partial charge in [0.2, 0.25) is 0 Å². The van der Waals surface area contributed by atoms with Gasteiger partial charge in [0, 0.05) is 30.1 Å². The number of amides is 1. The van der Waals surface area contributed by atoms with Gasteiger partial charge in [0.15, 0.2) is 5.78 Å². The molecule has 4 aromatic rings. The molecular formula is C26H23FN2O3. The third kappa shape index (κ3) is 4.54. The SMILES string of the molecule is O=C(CCc1ccccc1N(CCc1c[nH]c2ccccc12)C(=O)O)c1ccccc1F. The number of anilines is 1. The summed E-state index contributed by atoms with van der Waals surface area (Å²) in [6, 6.07) is 20.9. The van der Waals surface area contributed by atoms with Crippen molar-refractivity contribution in [1.82, 2.24) is 4.98 Å². The Kier molecular flexibility index (Phi) is 6.31. The fourth-order valence-electron chi connectivity index (χ4n) is 3.95. The highest BCUT2D eigenvalue weighted by atomic mass is 19.1. The van der Waals surface area contributed by atoms with Gasteiger partial charge in [-0.2, -0.15) is 0 Å². The van der Waals surface area contributed by atoms with Crippen LogP contribution in [0.25, 0.3) is 10.9 Å². The number of rotatable bonds is 8. The first kappa shape index (κ1) is 21.3. The van der Waals surface area contributed by atoms with Crippen LogP contribution in [0.5, 0.6) is 0 Å². The lowest BCUT2D eigenvalue weighted by Gasteiger charge is -2.22. The van der Waals surface area contributed by atoms with Crippen LogP contribution >= 0.6 is 0 Å². The van der Waals surface area contributed by atoms with Gasteiger partial charge in [-0.1, -0.05) is 48.5 Å². The second-order valence-corrected chi connectivity index (χ2v) is 7.58. The van der Waals surface area contributed by atoms with E-state index < -0.39 is 11.9 Å². The summed E-state index contributed by atoms with van der Waals surface area (Å²) < 4.78 is 13.9. The zero-order valence-corrected chi connectivity index (χ0v) is 17.4. The Morgan fingerprint density at radius 1 is 0.875 bits per heavy atom. The van der Waals surface area contributed by atoms with Crippen LogP contribution in [0.4, 0.5) is 14.9 Å². The molecule has 3 aromatic carbocycles. The first-order chi connectivity index (χ1) is 15.5. The lowest BCUT2D eigenvalue weighted by molar-refractivity contribution is 0.0979. The zero-order valence-electron chi connectivity index (χ0n) is 17.4. The van der Waals surface area contributed by atoms with E-state index in [1.807, 2.05) is 42.6 Å². The molecule has 162 valence electrons. The Labute approximate surface area is 185 Å². The molecule has 1 heterocycles. The van der Waals surface area contributed by atoms with Crippen molar-refractivity contribution >= 4 is 28.5 Å². The van der Waals surface area contributed by atoms with Gasteiger partial charge < -0.3 is 10.1 Å². The number of hydrogen-bond acceptors (Lipinski definition) is 2. The van der Waals surface area contributed by atoms with Crippen molar-refractivity contribution in [3.05, 3.63) is 102 Å². The molecule has 0 unspecified atom stereocenters. The fourth-order valence-corrected chi connectivity index (χ4v) is 3.95. The smallest absolute Gasteiger partial charge is 0.411 e. The molecule has 0 aliphatic carbocycles. The fraction of sp³-hybridized carbons (Fsp3) is 0.154. The summed E-state index contributed by atoms with van der Waals surface area (Å²) in [5.74, 6) is -0.852. The van der Waals surface area contributed by atoms with Crippen molar-refractivity contribution in [1.29, 1.82) is 0 Å². The Balaban J connectivity index is 1.51. The summed E-state index contributed by atoms with van der Waals surface area (Å²) in [5, 5.41) is 11.0. The van der Waals surface area contributed by atoms with Crippen LogP contribution in [0.2, 0.25) is 0 Å². The number of Topliss-reactive ketones (excluding diaryl/α,β-unsaturated/α-hetero) is 1. The van der Waals surface area contributed by atoms with E-state index >= 15 is 0 Å². The number of H-pyrrole nitrogens is 1. The van der Waals surface area contributed by atoms with Gasteiger partial charge in [-0.3, -0.25) is 9.69 Å². The molecule has 0 spiro atoms. The van der Waals surface area contributed by atoms with E-state index in [2.05, 4.69) is 4.98 Å². The maximum Gasteiger partial charge on any atom is 0.411 e. The normalized spacial score (nSPS) is 10.9. The van der Waals surface area contributed by atoms with Crippen LogP contribution in [0, 0.1) is 5.82 Å². The monoisotopic (exact) mass is 430 g/mol. The molecule has 6 heteroatoms. The molecule has 4 rings (SSSR count).